The molecule has 2 saturated carbocycles. The van der Waals surface area contributed by atoms with Gasteiger partial charge in [-0.2, -0.15) is 0 Å². The van der Waals surface area contributed by atoms with Crippen molar-refractivity contribution in [1.29, 1.82) is 0 Å². The molecule has 1 N–H and O–H groups in total. The summed E-state index contributed by atoms with van der Waals surface area (Å²) in [4.78, 5) is 24.2. The molecule has 152 valence electrons. The van der Waals surface area contributed by atoms with Crippen LogP contribution in [0.25, 0.3) is 0 Å². The summed E-state index contributed by atoms with van der Waals surface area (Å²) in [7, 11) is 1.53. The second-order valence-corrected chi connectivity index (χ2v) is 10.1. The van der Waals surface area contributed by atoms with E-state index in [4.69, 9.17) is 4.74 Å². The monoisotopic (exact) mass is 375 g/mol. The molecule has 4 heteroatoms. The number of rotatable bonds is 3. The minimum atomic E-state index is -0.350. The van der Waals surface area contributed by atoms with Crippen molar-refractivity contribution in [3.05, 3.63) is 11.6 Å². The molecule has 0 spiro atoms. The fraction of sp³-hybridized carbons (Fsp3) is 0.826. The first kappa shape index (κ1) is 20.4. The lowest BCUT2D eigenvalue weighted by atomic mass is 9.45. The number of carbonyl (C=O) groups is 2. The van der Waals surface area contributed by atoms with Crippen LogP contribution in [0.4, 0.5) is 0 Å². The van der Waals surface area contributed by atoms with E-state index in [9.17, 15) is 9.59 Å². The molecule has 0 saturated heterocycles. The highest BCUT2D eigenvalue weighted by atomic mass is 16.5. The maximum atomic E-state index is 12.7. The van der Waals surface area contributed by atoms with Crippen molar-refractivity contribution in [1.82, 2.24) is 5.32 Å². The van der Waals surface area contributed by atoms with Gasteiger partial charge in [-0.3, -0.25) is 9.59 Å². The van der Waals surface area contributed by atoms with Crippen molar-refractivity contribution < 1.29 is 14.3 Å². The average Bonchev–Trinajstić information content (AvgIpc) is 2.59. The van der Waals surface area contributed by atoms with Gasteiger partial charge < -0.3 is 10.1 Å². The van der Waals surface area contributed by atoms with Gasteiger partial charge in [-0.15, -0.1) is 0 Å². The first-order chi connectivity index (χ1) is 12.6. The quantitative estimate of drug-likeness (QED) is 0.578. The van der Waals surface area contributed by atoms with Crippen LogP contribution < -0.4 is 5.32 Å². The van der Waals surface area contributed by atoms with Crippen LogP contribution >= 0.6 is 0 Å². The van der Waals surface area contributed by atoms with E-state index in [0.717, 1.165) is 38.5 Å². The summed E-state index contributed by atoms with van der Waals surface area (Å²) in [6, 6.07) is 0.140. The first-order valence-corrected chi connectivity index (χ1v) is 10.6. The topological polar surface area (TPSA) is 55.4 Å². The molecule has 4 nitrogen and oxygen atoms in total. The number of hydrogen-bond acceptors (Lipinski definition) is 3. The number of amides is 1. The van der Waals surface area contributed by atoms with Gasteiger partial charge in [-0.25, -0.2) is 0 Å². The molecule has 6 atom stereocenters. The second kappa shape index (κ2) is 6.93. The van der Waals surface area contributed by atoms with Gasteiger partial charge in [0.1, 0.15) is 0 Å². The first-order valence-electron chi connectivity index (χ1n) is 10.6. The van der Waals surface area contributed by atoms with Crippen LogP contribution in [0.2, 0.25) is 0 Å². The van der Waals surface area contributed by atoms with Crippen LogP contribution in [0.3, 0.4) is 0 Å². The maximum Gasteiger partial charge on any atom is 0.311 e. The highest BCUT2D eigenvalue weighted by molar-refractivity contribution is 5.77. The van der Waals surface area contributed by atoms with Crippen molar-refractivity contribution in [2.75, 3.05) is 7.11 Å². The minimum Gasteiger partial charge on any atom is -0.469 e. The molecule has 0 radical (unpaired) electrons. The molecule has 0 bridgehead atoms. The Morgan fingerprint density at radius 2 is 1.89 bits per heavy atom. The van der Waals surface area contributed by atoms with E-state index in [1.54, 1.807) is 12.5 Å². The van der Waals surface area contributed by atoms with Crippen molar-refractivity contribution in [3.63, 3.8) is 0 Å². The summed E-state index contributed by atoms with van der Waals surface area (Å²) in [5.41, 5.74) is 1.40. The zero-order valence-electron chi connectivity index (χ0n) is 18.0. The Morgan fingerprint density at radius 1 is 1.19 bits per heavy atom. The van der Waals surface area contributed by atoms with Crippen LogP contribution in [0.15, 0.2) is 11.6 Å². The Kier molecular flexibility index (Phi) is 5.24. The third-order valence-electron chi connectivity index (χ3n) is 8.49. The molecular formula is C23H37NO3. The van der Waals surface area contributed by atoms with Gasteiger partial charge in [0.05, 0.1) is 12.5 Å². The average molecular weight is 376 g/mol. The second-order valence-electron chi connectivity index (χ2n) is 10.1. The number of allylic oxidation sites excluding steroid dienone is 1. The van der Waals surface area contributed by atoms with Gasteiger partial charge in [-0.05, 0) is 69.6 Å². The van der Waals surface area contributed by atoms with E-state index in [0.29, 0.717) is 11.8 Å². The lowest BCUT2D eigenvalue weighted by Gasteiger charge is -2.59. The molecule has 1 amide bonds. The number of methoxy groups -OCH3 is 1. The summed E-state index contributed by atoms with van der Waals surface area (Å²) in [5, 5.41) is 3.11. The highest BCUT2D eigenvalue weighted by Gasteiger charge is 2.59. The predicted octanol–water partition coefficient (Wildman–Crippen LogP) is 4.63. The van der Waals surface area contributed by atoms with Gasteiger partial charge in [0.2, 0.25) is 5.91 Å². The zero-order chi connectivity index (χ0) is 20.0. The van der Waals surface area contributed by atoms with E-state index in [1.807, 2.05) is 0 Å². The van der Waals surface area contributed by atoms with E-state index in [2.05, 4.69) is 39.1 Å². The Balaban J connectivity index is 1.91. The van der Waals surface area contributed by atoms with Crippen molar-refractivity contribution in [2.45, 2.75) is 85.6 Å². The number of carbonyl (C=O) groups excluding carboxylic acids is 2. The minimum absolute atomic E-state index is 0.0149. The summed E-state index contributed by atoms with van der Waals surface area (Å²) in [6.07, 6.45) is 10.1. The summed E-state index contributed by atoms with van der Waals surface area (Å²) >= 11 is 0. The van der Waals surface area contributed by atoms with Crippen molar-refractivity contribution >= 4 is 11.9 Å². The molecule has 3 aliphatic rings. The fourth-order valence-corrected chi connectivity index (χ4v) is 6.81. The van der Waals surface area contributed by atoms with E-state index < -0.39 is 0 Å². The highest BCUT2D eigenvalue weighted by Crippen LogP contribution is 2.64. The van der Waals surface area contributed by atoms with Crippen LogP contribution in [0.5, 0.6) is 0 Å². The maximum absolute atomic E-state index is 12.7. The summed E-state index contributed by atoms with van der Waals surface area (Å²) in [5.74, 6) is 0.968. The van der Waals surface area contributed by atoms with Crippen LogP contribution in [-0.2, 0) is 14.3 Å². The number of esters is 1. The normalized spacial score (nSPS) is 42.2. The molecule has 27 heavy (non-hydrogen) atoms. The molecule has 3 rings (SSSR count). The van der Waals surface area contributed by atoms with Gasteiger partial charge in [-0.1, -0.05) is 31.9 Å². The standard InChI is InChI=1S/C23H37NO3/c1-15(24-16(2)25)21(3)13-10-18-17(14-21)8-9-19-22(18,4)11-7-12-23(19,5)20(26)27-6/h14-15,18-19H,7-13H2,1-6H3,(H,24,25). The number of nitrogens with one attached hydrogen (secondary N) is 1. The Morgan fingerprint density at radius 3 is 2.52 bits per heavy atom. The lowest BCUT2D eigenvalue weighted by molar-refractivity contribution is -0.168. The van der Waals surface area contributed by atoms with Gasteiger partial charge in [0, 0.05) is 18.4 Å². The third-order valence-corrected chi connectivity index (χ3v) is 8.49. The van der Waals surface area contributed by atoms with E-state index in [1.165, 1.54) is 13.5 Å². The molecular weight excluding hydrogens is 338 g/mol. The Hall–Kier alpha value is -1.32. The molecule has 2 fully saturated rings. The number of hydrogen-bond donors (Lipinski definition) is 1. The Labute approximate surface area is 164 Å². The molecule has 3 aliphatic carbocycles. The van der Waals surface area contributed by atoms with Crippen molar-refractivity contribution in [2.24, 2.45) is 28.1 Å². The van der Waals surface area contributed by atoms with Crippen LogP contribution in [0, 0.1) is 28.1 Å². The fourth-order valence-electron chi connectivity index (χ4n) is 6.81. The number of fused-ring (bicyclic) bond motifs is 3. The SMILES string of the molecule is COC(=O)C1(C)CCCC2(C)C3CCC(C)(C(C)NC(C)=O)C=C3CCC12. The van der Waals surface area contributed by atoms with Gasteiger partial charge in [0.25, 0.3) is 0 Å². The van der Waals surface area contributed by atoms with Gasteiger partial charge in [0.15, 0.2) is 0 Å². The predicted molar refractivity (Wildman–Crippen MR) is 107 cm³/mol. The zero-order valence-corrected chi connectivity index (χ0v) is 18.0. The lowest BCUT2D eigenvalue weighted by Crippen LogP contribution is -2.55. The Bertz CT molecular complexity index is 656. The molecule has 0 heterocycles. The van der Waals surface area contributed by atoms with Crippen LogP contribution in [-0.4, -0.2) is 25.0 Å². The molecule has 0 aromatic carbocycles. The summed E-state index contributed by atoms with van der Waals surface area (Å²) in [6.45, 7) is 10.6. The van der Waals surface area contributed by atoms with Gasteiger partial charge >= 0.3 is 5.97 Å². The molecule has 0 aromatic heterocycles. The third kappa shape index (κ3) is 3.23. The molecule has 0 aromatic rings. The smallest absolute Gasteiger partial charge is 0.311 e. The molecule has 0 aliphatic heterocycles. The summed E-state index contributed by atoms with van der Waals surface area (Å²) < 4.78 is 5.23. The molecule has 6 unspecified atom stereocenters. The van der Waals surface area contributed by atoms with E-state index in [-0.39, 0.29) is 34.2 Å². The van der Waals surface area contributed by atoms with Crippen LogP contribution in [0.1, 0.15) is 79.6 Å². The van der Waals surface area contributed by atoms with E-state index >= 15 is 0 Å². The van der Waals surface area contributed by atoms with Crippen molar-refractivity contribution in [3.8, 4) is 0 Å². The number of ether oxygens (including phenoxy) is 1. The largest absolute Gasteiger partial charge is 0.469 e.